The van der Waals surface area contributed by atoms with Gasteiger partial charge in [0, 0.05) is 31.0 Å². The predicted octanol–water partition coefficient (Wildman–Crippen LogP) is 5.75. The van der Waals surface area contributed by atoms with Gasteiger partial charge in [-0.25, -0.2) is 0 Å². The van der Waals surface area contributed by atoms with Gasteiger partial charge in [-0.1, -0.05) is 50.3 Å². The number of aromatic nitrogens is 1. The van der Waals surface area contributed by atoms with E-state index in [0.29, 0.717) is 12.2 Å². The maximum absolute atomic E-state index is 11.7. The van der Waals surface area contributed by atoms with Crippen LogP contribution in [0.2, 0.25) is 0 Å². The van der Waals surface area contributed by atoms with Crippen LogP contribution in [0.15, 0.2) is 48.6 Å². The van der Waals surface area contributed by atoms with E-state index in [2.05, 4.69) is 65.5 Å². The number of hydrogen-bond donors (Lipinski definition) is 2. The fraction of sp³-hybridized carbons (Fsp3) is 0.400. The summed E-state index contributed by atoms with van der Waals surface area (Å²) in [5.41, 5.74) is 4.00. The average Bonchev–Trinajstić information content (AvgIpc) is 3.34. The molecule has 1 aliphatic rings. The molecule has 2 aromatic rings. The summed E-state index contributed by atoms with van der Waals surface area (Å²) in [6, 6.07) is 12.6. The Bertz CT molecular complexity index is 805. The van der Waals surface area contributed by atoms with Crippen molar-refractivity contribution in [3.63, 3.8) is 0 Å². The Hall–Kier alpha value is -2.75. The lowest BCUT2D eigenvalue weighted by atomic mass is 10.2. The molecule has 0 bridgehead atoms. The van der Waals surface area contributed by atoms with Gasteiger partial charge in [0.15, 0.2) is 0 Å². The Kier molecular flexibility index (Phi) is 9.29. The molecule has 1 aromatic carbocycles. The van der Waals surface area contributed by atoms with Crippen LogP contribution in [0.1, 0.15) is 62.3 Å². The lowest BCUT2D eigenvalue weighted by Gasteiger charge is -2.17. The Morgan fingerprint density at radius 3 is 2.59 bits per heavy atom. The molecule has 3 rings (SSSR count). The molecule has 156 valence electrons. The first kappa shape index (κ1) is 22.5. The summed E-state index contributed by atoms with van der Waals surface area (Å²) in [7, 11) is 0. The number of hydrogen-bond acceptors (Lipinski definition) is 2. The van der Waals surface area contributed by atoms with Crippen molar-refractivity contribution in [3.05, 3.63) is 65.5 Å². The largest absolute Gasteiger partial charge is 0.371 e. The zero-order valence-electron chi connectivity index (χ0n) is 18.2. The van der Waals surface area contributed by atoms with Crippen molar-refractivity contribution >= 4 is 23.7 Å². The molecule has 1 fully saturated rings. The highest BCUT2D eigenvalue weighted by molar-refractivity contribution is 5.94. The highest BCUT2D eigenvalue weighted by Gasteiger charge is 2.18. The molecular formula is C25H35N3O. The maximum Gasteiger partial charge on any atom is 0.267 e. The number of amides is 1. The smallest absolute Gasteiger partial charge is 0.267 e. The number of nitrogens with zero attached hydrogens (tertiary/aromatic N) is 1. The third-order valence-electron chi connectivity index (χ3n) is 4.87. The predicted molar refractivity (Wildman–Crippen MR) is 125 cm³/mol. The Morgan fingerprint density at radius 2 is 2.00 bits per heavy atom. The zero-order valence-corrected chi connectivity index (χ0v) is 18.2. The van der Waals surface area contributed by atoms with Gasteiger partial charge in [-0.15, -0.1) is 0 Å². The number of anilines is 1. The van der Waals surface area contributed by atoms with Gasteiger partial charge in [0.1, 0.15) is 5.69 Å². The summed E-state index contributed by atoms with van der Waals surface area (Å²) >= 11 is 0. The first-order chi connectivity index (χ1) is 14.1. The Balaban J connectivity index is 0.000000218. The van der Waals surface area contributed by atoms with Crippen LogP contribution in [0.4, 0.5) is 5.69 Å². The van der Waals surface area contributed by atoms with E-state index in [9.17, 15) is 4.79 Å². The maximum atomic E-state index is 11.7. The summed E-state index contributed by atoms with van der Waals surface area (Å²) in [5.74, 6) is 0.805. The molecule has 4 nitrogen and oxygen atoms in total. The van der Waals surface area contributed by atoms with Gasteiger partial charge in [0.05, 0.1) is 0 Å². The molecule has 0 aliphatic carbocycles. The minimum atomic E-state index is -0.0607. The molecule has 0 radical (unpaired) electrons. The van der Waals surface area contributed by atoms with Gasteiger partial charge in [-0.2, -0.15) is 0 Å². The van der Waals surface area contributed by atoms with E-state index in [1.807, 2.05) is 38.1 Å². The van der Waals surface area contributed by atoms with Crippen molar-refractivity contribution in [1.29, 1.82) is 0 Å². The second kappa shape index (κ2) is 11.9. The van der Waals surface area contributed by atoms with Crippen LogP contribution < -0.4 is 10.2 Å². The van der Waals surface area contributed by atoms with E-state index >= 15 is 0 Å². The standard InChI is InChI=1S/C14H20N2O.C11H15N/c1-4-7-9-11-10-13(14(17)15-6-3)16-12(11)8-5-2;1-10-7-8-12(9-10)11-5-3-2-4-6-11/h5,7-10,16H,4,6H2,1-3H3,(H,15,17);2-6,10H,7-9H2,1H3/b8-5-,9-7+;. The third kappa shape index (κ3) is 6.97. The molecule has 1 saturated heterocycles. The van der Waals surface area contributed by atoms with Crippen LogP contribution >= 0.6 is 0 Å². The zero-order chi connectivity index (χ0) is 21.1. The molecule has 2 heterocycles. The van der Waals surface area contributed by atoms with E-state index in [1.54, 1.807) is 0 Å². The van der Waals surface area contributed by atoms with Crippen LogP contribution in [0.3, 0.4) is 0 Å². The summed E-state index contributed by atoms with van der Waals surface area (Å²) < 4.78 is 0. The van der Waals surface area contributed by atoms with Crippen molar-refractivity contribution in [2.45, 2.75) is 40.5 Å². The summed E-state index contributed by atoms with van der Waals surface area (Å²) in [6.07, 6.45) is 10.4. The highest BCUT2D eigenvalue weighted by Crippen LogP contribution is 2.22. The van der Waals surface area contributed by atoms with Gasteiger partial charge in [0.25, 0.3) is 5.91 Å². The van der Waals surface area contributed by atoms with Crippen LogP contribution in [-0.4, -0.2) is 30.5 Å². The number of rotatable bonds is 6. The molecule has 4 heteroatoms. The van der Waals surface area contributed by atoms with Gasteiger partial charge in [0.2, 0.25) is 0 Å². The average molecular weight is 394 g/mol. The number of nitrogens with one attached hydrogen (secondary N) is 2. The first-order valence-electron chi connectivity index (χ1n) is 10.7. The highest BCUT2D eigenvalue weighted by atomic mass is 16.1. The van der Waals surface area contributed by atoms with Crippen molar-refractivity contribution in [2.24, 2.45) is 5.92 Å². The summed E-state index contributed by atoms with van der Waals surface area (Å²) in [5, 5.41) is 2.78. The molecule has 29 heavy (non-hydrogen) atoms. The minimum absolute atomic E-state index is 0.0607. The van der Waals surface area contributed by atoms with E-state index < -0.39 is 0 Å². The Morgan fingerprint density at radius 1 is 1.24 bits per heavy atom. The van der Waals surface area contributed by atoms with E-state index in [0.717, 1.165) is 23.6 Å². The molecule has 1 aromatic heterocycles. The van der Waals surface area contributed by atoms with Gasteiger partial charge in [-0.05, 0) is 62.4 Å². The second-order valence-electron chi connectivity index (χ2n) is 7.40. The lowest BCUT2D eigenvalue weighted by Crippen LogP contribution is -2.22. The molecule has 0 saturated carbocycles. The molecule has 1 aliphatic heterocycles. The SMILES string of the molecule is C/C=C\c1[nH]c(C(=O)NCC)cc1/C=C/CC.CC1CCN(c2ccccc2)C1. The molecular weight excluding hydrogens is 358 g/mol. The number of allylic oxidation sites excluding steroid dienone is 2. The monoisotopic (exact) mass is 393 g/mol. The Labute approximate surface area is 175 Å². The van der Waals surface area contributed by atoms with Crippen molar-refractivity contribution in [1.82, 2.24) is 10.3 Å². The topological polar surface area (TPSA) is 48.1 Å². The normalized spacial score (nSPS) is 16.3. The van der Waals surface area contributed by atoms with Gasteiger partial charge < -0.3 is 15.2 Å². The van der Waals surface area contributed by atoms with Crippen LogP contribution in [-0.2, 0) is 0 Å². The first-order valence-corrected chi connectivity index (χ1v) is 10.7. The number of aromatic amines is 1. The molecule has 0 spiro atoms. The number of carbonyl (C=O) groups excluding carboxylic acids is 1. The molecule has 1 amide bonds. The molecule has 2 N–H and O–H groups in total. The minimum Gasteiger partial charge on any atom is -0.371 e. The molecule has 1 unspecified atom stereocenters. The van der Waals surface area contributed by atoms with Crippen LogP contribution in [0, 0.1) is 5.92 Å². The second-order valence-corrected chi connectivity index (χ2v) is 7.40. The quantitative estimate of drug-likeness (QED) is 0.656. The summed E-state index contributed by atoms with van der Waals surface area (Å²) in [6.45, 7) is 11.4. The van der Waals surface area contributed by atoms with Crippen molar-refractivity contribution in [3.8, 4) is 0 Å². The summed E-state index contributed by atoms with van der Waals surface area (Å²) in [4.78, 5) is 17.3. The number of carbonyl (C=O) groups is 1. The van der Waals surface area contributed by atoms with Crippen molar-refractivity contribution < 1.29 is 4.79 Å². The van der Waals surface area contributed by atoms with Gasteiger partial charge in [-0.3, -0.25) is 4.79 Å². The van der Waals surface area contributed by atoms with Crippen molar-refractivity contribution in [2.75, 3.05) is 24.5 Å². The number of benzene rings is 1. The lowest BCUT2D eigenvalue weighted by molar-refractivity contribution is 0.0951. The number of para-hydroxylation sites is 1. The van der Waals surface area contributed by atoms with E-state index in [4.69, 9.17) is 0 Å². The van der Waals surface area contributed by atoms with E-state index in [-0.39, 0.29) is 5.91 Å². The fourth-order valence-corrected chi connectivity index (χ4v) is 3.36. The fourth-order valence-electron chi connectivity index (χ4n) is 3.36. The third-order valence-corrected chi connectivity index (χ3v) is 4.87. The van der Waals surface area contributed by atoms with Gasteiger partial charge >= 0.3 is 0 Å². The van der Waals surface area contributed by atoms with Crippen LogP contribution in [0.25, 0.3) is 12.2 Å². The van der Waals surface area contributed by atoms with E-state index in [1.165, 1.54) is 25.2 Å². The van der Waals surface area contributed by atoms with Crippen LogP contribution in [0.5, 0.6) is 0 Å². The number of H-pyrrole nitrogens is 1. The molecule has 1 atom stereocenters.